The summed E-state index contributed by atoms with van der Waals surface area (Å²) in [5, 5.41) is 4.37. The van der Waals surface area contributed by atoms with Gasteiger partial charge in [-0.1, -0.05) is 18.2 Å². The lowest BCUT2D eigenvalue weighted by atomic mass is 10.0. The van der Waals surface area contributed by atoms with Crippen LogP contribution in [0, 0.1) is 12.7 Å². The Morgan fingerprint density at radius 3 is 2.69 bits per heavy atom. The molecule has 1 aliphatic rings. The van der Waals surface area contributed by atoms with E-state index in [1.807, 2.05) is 59.1 Å². The summed E-state index contributed by atoms with van der Waals surface area (Å²) in [6.45, 7) is 3.92. The summed E-state index contributed by atoms with van der Waals surface area (Å²) in [7, 11) is 1.66. The molecule has 0 spiro atoms. The number of methoxy groups -OCH3 is 1. The molecule has 0 unspecified atom stereocenters. The van der Waals surface area contributed by atoms with Crippen LogP contribution in [0.25, 0.3) is 11.0 Å². The van der Waals surface area contributed by atoms with Crippen LogP contribution in [0.4, 0.5) is 4.39 Å². The number of imidazole rings is 1. The minimum absolute atomic E-state index is 0.156. The Balaban J connectivity index is 1.34. The zero-order chi connectivity index (χ0) is 24.4. The van der Waals surface area contributed by atoms with Gasteiger partial charge < -0.3 is 14.2 Å². The molecule has 0 N–H and O–H groups in total. The first-order chi connectivity index (χ1) is 17.0. The number of aromatic nitrogens is 4. The number of fused-ring (bicyclic) bond motifs is 1. The van der Waals surface area contributed by atoms with Crippen molar-refractivity contribution in [3.05, 3.63) is 77.6 Å². The highest BCUT2D eigenvalue weighted by Crippen LogP contribution is 2.31. The van der Waals surface area contributed by atoms with E-state index in [1.165, 1.54) is 12.1 Å². The summed E-state index contributed by atoms with van der Waals surface area (Å²) in [5.74, 6) is 1.56. The number of nitrogens with zero attached hydrogens (tertiary/aromatic N) is 5. The molecule has 2 aromatic carbocycles. The van der Waals surface area contributed by atoms with Crippen LogP contribution in [0.2, 0.25) is 0 Å². The maximum atomic E-state index is 14.0. The number of ether oxygens (including phenoxy) is 1. The number of likely N-dealkylation sites (tertiary alicyclic amines) is 1. The third-order valence-electron chi connectivity index (χ3n) is 6.78. The van der Waals surface area contributed by atoms with Crippen LogP contribution in [-0.4, -0.2) is 50.3 Å². The predicted molar refractivity (Wildman–Crippen MR) is 132 cm³/mol. The molecule has 1 saturated heterocycles. The van der Waals surface area contributed by atoms with Gasteiger partial charge in [-0.2, -0.15) is 5.10 Å². The summed E-state index contributed by atoms with van der Waals surface area (Å²) in [5.41, 5.74) is 3.57. The van der Waals surface area contributed by atoms with Crippen molar-refractivity contribution in [1.29, 1.82) is 0 Å². The average Bonchev–Trinajstić information content (AvgIpc) is 3.45. The summed E-state index contributed by atoms with van der Waals surface area (Å²) in [6, 6.07) is 14.8. The molecule has 0 saturated carbocycles. The number of rotatable bonds is 7. The van der Waals surface area contributed by atoms with Gasteiger partial charge in [-0.15, -0.1) is 0 Å². The highest BCUT2D eigenvalue weighted by Gasteiger charge is 2.27. The van der Waals surface area contributed by atoms with E-state index >= 15 is 0 Å². The van der Waals surface area contributed by atoms with Gasteiger partial charge >= 0.3 is 0 Å². The number of halogens is 1. The normalized spacial score (nSPS) is 14.5. The molecule has 35 heavy (non-hydrogen) atoms. The van der Waals surface area contributed by atoms with Gasteiger partial charge in [0, 0.05) is 56.3 Å². The van der Waals surface area contributed by atoms with Crippen molar-refractivity contribution < 1.29 is 13.9 Å². The second-order valence-electron chi connectivity index (χ2n) is 9.10. The Morgan fingerprint density at radius 1 is 1.14 bits per heavy atom. The van der Waals surface area contributed by atoms with Gasteiger partial charge in [0.1, 0.15) is 17.4 Å². The molecular formula is C27H30FN5O2. The fourth-order valence-electron chi connectivity index (χ4n) is 5.00. The zero-order valence-corrected chi connectivity index (χ0v) is 20.2. The van der Waals surface area contributed by atoms with E-state index in [9.17, 15) is 9.18 Å². The van der Waals surface area contributed by atoms with Gasteiger partial charge in [0.05, 0.1) is 23.8 Å². The van der Waals surface area contributed by atoms with E-state index in [2.05, 4.69) is 9.67 Å². The summed E-state index contributed by atoms with van der Waals surface area (Å²) >= 11 is 0. The fraction of sp³-hybridized carbons (Fsp3) is 0.370. The minimum Gasteiger partial charge on any atom is -0.496 e. The summed E-state index contributed by atoms with van der Waals surface area (Å²) < 4.78 is 23.6. The largest absolute Gasteiger partial charge is 0.496 e. The lowest BCUT2D eigenvalue weighted by molar-refractivity contribution is -0.132. The number of benzene rings is 2. The molecule has 0 atom stereocenters. The maximum absolute atomic E-state index is 14.0. The minimum atomic E-state index is -0.293. The number of amides is 1. The van der Waals surface area contributed by atoms with Gasteiger partial charge in [-0.05, 0) is 44.0 Å². The van der Waals surface area contributed by atoms with Crippen LogP contribution < -0.4 is 4.74 Å². The van der Waals surface area contributed by atoms with Crippen molar-refractivity contribution in [3.8, 4) is 5.75 Å². The Morgan fingerprint density at radius 2 is 1.94 bits per heavy atom. The van der Waals surface area contributed by atoms with Crippen LogP contribution in [0.1, 0.15) is 42.4 Å². The molecule has 5 rings (SSSR count). The number of hydrogen-bond donors (Lipinski definition) is 0. The highest BCUT2D eigenvalue weighted by atomic mass is 19.1. The maximum Gasteiger partial charge on any atom is 0.224 e. The molecule has 4 aromatic rings. The molecule has 0 bridgehead atoms. The van der Waals surface area contributed by atoms with Crippen LogP contribution in [0.3, 0.4) is 0 Å². The van der Waals surface area contributed by atoms with Crippen molar-refractivity contribution in [3.63, 3.8) is 0 Å². The van der Waals surface area contributed by atoms with Crippen LogP contribution in [-0.2, 0) is 17.8 Å². The van der Waals surface area contributed by atoms with Crippen molar-refractivity contribution in [2.24, 2.45) is 0 Å². The van der Waals surface area contributed by atoms with Crippen LogP contribution in [0.5, 0.6) is 5.75 Å². The third-order valence-corrected chi connectivity index (χ3v) is 6.78. The van der Waals surface area contributed by atoms with Crippen molar-refractivity contribution in [1.82, 2.24) is 24.2 Å². The lowest BCUT2D eigenvalue weighted by Crippen LogP contribution is -2.39. The smallest absolute Gasteiger partial charge is 0.224 e. The van der Waals surface area contributed by atoms with Gasteiger partial charge in [0.25, 0.3) is 0 Å². The average molecular weight is 476 g/mol. The molecule has 2 aromatic heterocycles. The standard InChI is InChI=1S/C27H30FN5O2/c1-19-9-15-32(30-19)16-12-27(34)31-13-10-22(11-14-31)33-24-8-7-21(28)18-23(24)29-26(33)17-20-5-3-4-6-25(20)35-2/h3-9,15,18,22H,10-14,16-17H2,1-2H3. The molecule has 1 amide bonds. The molecule has 1 fully saturated rings. The van der Waals surface area contributed by atoms with Crippen molar-refractivity contribution >= 4 is 16.9 Å². The third kappa shape index (κ3) is 4.92. The number of hydrogen-bond acceptors (Lipinski definition) is 4. The quantitative estimate of drug-likeness (QED) is 0.394. The molecule has 1 aliphatic heterocycles. The molecular weight excluding hydrogens is 445 g/mol. The summed E-state index contributed by atoms with van der Waals surface area (Å²) in [6.07, 6.45) is 4.59. The number of carbonyl (C=O) groups is 1. The van der Waals surface area contributed by atoms with Gasteiger partial charge in [0.15, 0.2) is 0 Å². The van der Waals surface area contributed by atoms with Crippen LogP contribution >= 0.6 is 0 Å². The molecule has 0 aliphatic carbocycles. The fourth-order valence-corrected chi connectivity index (χ4v) is 5.00. The van der Waals surface area contributed by atoms with Gasteiger partial charge in [-0.3, -0.25) is 9.48 Å². The molecule has 182 valence electrons. The topological polar surface area (TPSA) is 65.2 Å². The number of aryl methyl sites for hydroxylation is 2. The van der Waals surface area contributed by atoms with Gasteiger partial charge in [-0.25, -0.2) is 9.37 Å². The van der Waals surface area contributed by atoms with E-state index in [4.69, 9.17) is 9.72 Å². The second kappa shape index (κ2) is 9.90. The SMILES string of the molecule is COc1ccccc1Cc1nc2cc(F)ccc2n1C1CCN(C(=O)CCn2ccc(C)n2)CC1. The lowest BCUT2D eigenvalue weighted by Gasteiger charge is -2.34. The number of carbonyl (C=O) groups excluding carboxylic acids is 1. The zero-order valence-electron chi connectivity index (χ0n) is 20.2. The van der Waals surface area contributed by atoms with Crippen molar-refractivity contribution in [2.75, 3.05) is 20.2 Å². The molecule has 8 heteroatoms. The van der Waals surface area contributed by atoms with E-state index in [1.54, 1.807) is 7.11 Å². The first-order valence-corrected chi connectivity index (χ1v) is 12.1. The Labute approximate surface area is 204 Å². The Kier molecular flexibility index (Phi) is 6.53. The molecule has 7 nitrogen and oxygen atoms in total. The van der Waals surface area contributed by atoms with E-state index < -0.39 is 0 Å². The first-order valence-electron chi connectivity index (χ1n) is 12.1. The van der Waals surface area contributed by atoms with Crippen LogP contribution in [0.15, 0.2) is 54.7 Å². The summed E-state index contributed by atoms with van der Waals surface area (Å²) in [4.78, 5) is 19.6. The number of piperidine rings is 1. The number of para-hydroxylation sites is 1. The van der Waals surface area contributed by atoms with Gasteiger partial charge in [0.2, 0.25) is 5.91 Å². The second-order valence-corrected chi connectivity index (χ2v) is 9.10. The predicted octanol–water partition coefficient (Wildman–Crippen LogP) is 4.53. The first kappa shape index (κ1) is 23.1. The monoisotopic (exact) mass is 475 g/mol. The van der Waals surface area contributed by atoms with E-state index in [0.29, 0.717) is 38.0 Å². The van der Waals surface area contributed by atoms with E-state index in [0.717, 1.165) is 41.2 Å². The Hall–Kier alpha value is -3.68. The molecule has 0 radical (unpaired) electrons. The van der Waals surface area contributed by atoms with Crippen molar-refractivity contribution in [2.45, 2.75) is 45.2 Å². The molecule has 3 heterocycles. The highest BCUT2D eigenvalue weighted by molar-refractivity contribution is 5.77. The Bertz CT molecular complexity index is 1340. The van der Waals surface area contributed by atoms with E-state index in [-0.39, 0.29) is 17.8 Å².